The SMILES string of the molecule is CC1CCC(C(=O)OC(C)C)C(C(=O)OC(C)C)C1. The number of carbonyl (C=O) groups excluding carboxylic acids is 2. The molecule has 1 aliphatic rings. The second-order valence-corrected chi connectivity index (χ2v) is 6.10. The Morgan fingerprint density at radius 2 is 1.37 bits per heavy atom. The highest BCUT2D eigenvalue weighted by Gasteiger charge is 2.40. The molecule has 0 aliphatic heterocycles. The molecule has 0 N–H and O–H groups in total. The van der Waals surface area contributed by atoms with Gasteiger partial charge in [0.05, 0.1) is 24.0 Å². The average Bonchev–Trinajstić information content (AvgIpc) is 2.26. The molecule has 1 fully saturated rings. The molecule has 3 unspecified atom stereocenters. The molecule has 0 radical (unpaired) electrons. The first-order valence-electron chi connectivity index (χ1n) is 7.22. The summed E-state index contributed by atoms with van der Waals surface area (Å²) in [6, 6.07) is 0. The van der Waals surface area contributed by atoms with E-state index in [4.69, 9.17) is 9.47 Å². The first-order valence-corrected chi connectivity index (χ1v) is 7.22. The van der Waals surface area contributed by atoms with E-state index in [1.807, 2.05) is 27.7 Å². The molecule has 1 aliphatic carbocycles. The van der Waals surface area contributed by atoms with Crippen LogP contribution in [-0.4, -0.2) is 24.1 Å². The van der Waals surface area contributed by atoms with Crippen LogP contribution in [0, 0.1) is 17.8 Å². The van der Waals surface area contributed by atoms with Crippen LogP contribution >= 0.6 is 0 Å². The molecule has 19 heavy (non-hydrogen) atoms. The smallest absolute Gasteiger partial charge is 0.310 e. The summed E-state index contributed by atoms with van der Waals surface area (Å²) in [7, 11) is 0. The number of esters is 2. The summed E-state index contributed by atoms with van der Waals surface area (Å²) in [6.45, 7) is 9.41. The molecule has 0 aromatic heterocycles. The third-order valence-electron chi connectivity index (χ3n) is 3.42. The highest BCUT2D eigenvalue weighted by atomic mass is 16.6. The third kappa shape index (κ3) is 4.84. The second-order valence-electron chi connectivity index (χ2n) is 6.10. The van der Waals surface area contributed by atoms with E-state index in [1.165, 1.54) is 0 Å². The number of hydrogen-bond donors (Lipinski definition) is 0. The van der Waals surface area contributed by atoms with Gasteiger partial charge in [-0.3, -0.25) is 9.59 Å². The van der Waals surface area contributed by atoms with Crippen molar-refractivity contribution in [1.82, 2.24) is 0 Å². The molecule has 0 amide bonds. The summed E-state index contributed by atoms with van der Waals surface area (Å²) in [4.78, 5) is 24.2. The van der Waals surface area contributed by atoms with Crippen molar-refractivity contribution in [2.24, 2.45) is 17.8 Å². The Morgan fingerprint density at radius 3 is 1.84 bits per heavy atom. The van der Waals surface area contributed by atoms with Crippen molar-refractivity contribution >= 4 is 11.9 Å². The van der Waals surface area contributed by atoms with Crippen molar-refractivity contribution in [2.75, 3.05) is 0 Å². The van der Waals surface area contributed by atoms with Crippen LogP contribution in [0.5, 0.6) is 0 Å². The summed E-state index contributed by atoms with van der Waals surface area (Å²) in [5, 5.41) is 0. The van der Waals surface area contributed by atoms with E-state index in [1.54, 1.807) is 0 Å². The number of ether oxygens (including phenoxy) is 2. The molecule has 4 nitrogen and oxygen atoms in total. The van der Waals surface area contributed by atoms with Gasteiger partial charge in [-0.15, -0.1) is 0 Å². The summed E-state index contributed by atoms with van der Waals surface area (Å²) in [5.74, 6) is -0.755. The van der Waals surface area contributed by atoms with Crippen molar-refractivity contribution in [3.8, 4) is 0 Å². The van der Waals surface area contributed by atoms with Gasteiger partial charge in [-0.25, -0.2) is 0 Å². The molecule has 0 heterocycles. The Labute approximate surface area is 115 Å². The average molecular weight is 270 g/mol. The molecule has 110 valence electrons. The maximum atomic E-state index is 12.1. The molecule has 0 bridgehead atoms. The lowest BCUT2D eigenvalue weighted by molar-refractivity contribution is -0.168. The maximum absolute atomic E-state index is 12.1. The predicted octanol–water partition coefficient (Wildman–Crippen LogP) is 2.94. The van der Waals surface area contributed by atoms with E-state index in [0.717, 1.165) is 6.42 Å². The normalized spacial score (nSPS) is 27.4. The minimum atomic E-state index is -0.350. The standard InChI is InChI=1S/C15H26O4/c1-9(2)18-14(16)12-7-6-11(5)8-13(12)15(17)19-10(3)4/h9-13H,6-8H2,1-5H3. The molecule has 0 spiro atoms. The summed E-state index contributed by atoms with van der Waals surface area (Å²) in [6.07, 6.45) is 2.09. The predicted molar refractivity (Wildman–Crippen MR) is 72.5 cm³/mol. The second kappa shape index (κ2) is 6.92. The third-order valence-corrected chi connectivity index (χ3v) is 3.42. The first kappa shape index (κ1) is 16.0. The molecule has 1 rings (SSSR count). The van der Waals surface area contributed by atoms with Gasteiger partial charge in [-0.2, -0.15) is 0 Å². The van der Waals surface area contributed by atoms with E-state index in [9.17, 15) is 9.59 Å². The van der Waals surface area contributed by atoms with Crippen LogP contribution in [0.25, 0.3) is 0 Å². The molecule has 0 aromatic rings. The zero-order chi connectivity index (χ0) is 14.6. The Kier molecular flexibility index (Phi) is 5.83. The maximum Gasteiger partial charge on any atom is 0.310 e. The lowest BCUT2D eigenvalue weighted by Gasteiger charge is -2.32. The molecule has 1 saturated carbocycles. The van der Waals surface area contributed by atoms with E-state index < -0.39 is 0 Å². The fourth-order valence-electron chi connectivity index (χ4n) is 2.56. The Bertz CT molecular complexity index is 322. The highest BCUT2D eigenvalue weighted by molar-refractivity contribution is 5.82. The molecule has 0 aromatic carbocycles. The summed E-state index contributed by atoms with van der Waals surface area (Å²) < 4.78 is 10.5. The van der Waals surface area contributed by atoms with Crippen LogP contribution in [0.1, 0.15) is 53.9 Å². The fraction of sp³-hybridized carbons (Fsp3) is 0.867. The van der Waals surface area contributed by atoms with Crippen LogP contribution in [0.15, 0.2) is 0 Å². The van der Waals surface area contributed by atoms with Gasteiger partial charge in [0.2, 0.25) is 0 Å². The zero-order valence-electron chi connectivity index (χ0n) is 12.6. The summed E-state index contributed by atoms with van der Waals surface area (Å²) >= 11 is 0. The molecular formula is C15H26O4. The Balaban J connectivity index is 2.75. The van der Waals surface area contributed by atoms with Gasteiger partial charge < -0.3 is 9.47 Å². The van der Waals surface area contributed by atoms with Gasteiger partial charge in [0.25, 0.3) is 0 Å². The van der Waals surface area contributed by atoms with Crippen LogP contribution in [-0.2, 0) is 19.1 Å². The Morgan fingerprint density at radius 1 is 0.895 bits per heavy atom. The quantitative estimate of drug-likeness (QED) is 0.737. The summed E-state index contributed by atoms with van der Waals surface area (Å²) in [5.41, 5.74) is 0. The lowest BCUT2D eigenvalue weighted by atomic mass is 9.74. The lowest BCUT2D eigenvalue weighted by Crippen LogP contribution is -2.38. The van der Waals surface area contributed by atoms with Crippen LogP contribution < -0.4 is 0 Å². The van der Waals surface area contributed by atoms with Gasteiger partial charge in [-0.1, -0.05) is 6.92 Å². The van der Waals surface area contributed by atoms with Crippen molar-refractivity contribution in [2.45, 2.75) is 66.1 Å². The van der Waals surface area contributed by atoms with Crippen molar-refractivity contribution in [1.29, 1.82) is 0 Å². The number of rotatable bonds is 4. The minimum absolute atomic E-state index is 0.145. The zero-order valence-corrected chi connectivity index (χ0v) is 12.6. The van der Waals surface area contributed by atoms with E-state index in [-0.39, 0.29) is 36.0 Å². The molecule has 3 atom stereocenters. The van der Waals surface area contributed by atoms with Crippen LogP contribution in [0.4, 0.5) is 0 Å². The Hall–Kier alpha value is -1.06. The monoisotopic (exact) mass is 270 g/mol. The topological polar surface area (TPSA) is 52.6 Å². The van der Waals surface area contributed by atoms with Gasteiger partial charge in [-0.05, 0) is 52.9 Å². The molecule has 0 saturated heterocycles. The molecule has 4 heteroatoms. The highest BCUT2D eigenvalue weighted by Crippen LogP contribution is 2.35. The van der Waals surface area contributed by atoms with Crippen molar-refractivity contribution < 1.29 is 19.1 Å². The minimum Gasteiger partial charge on any atom is -0.463 e. The number of carbonyl (C=O) groups is 2. The van der Waals surface area contributed by atoms with Gasteiger partial charge in [0.1, 0.15) is 0 Å². The van der Waals surface area contributed by atoms with E-state index in [2.05, 4.69) is 6.92 Å². The van der Waals surface area contributed by atoms with Gasteiger partial charge in [0, 0.05) is 0 Å². The van der Waals surface area contributed by atoms with Crippen LogP contribution in [0.3, 0.4) is 0 Å². The van der Waals surface area contributed by atoms with Gasteiger partial charge in [0.15, 0.2) is 0 Å². The van der Waals surface area contributed by atoms with Crippen LogP contribution in [0.2, 0.25) is 0 Å². The van der Waals surface area contributed by atoms with Gasteiger partial charge >= 0.3 is 11.9 Å². The molecular weight excluding hydrogens is 244 g/mol. The van der Waals surface area contributed by atoms with Crippen molar-refractivity contribution in [3.05, 3.63) is 0 Å². The fourth-order valence-corrected chi connectivity index (χ4v) is 2.56. The van der Waals surface area contributed by atoms with Crippen molar-refractivity contribution in [3.63, 3.8) is 0 Å². The first-order chi connectivity index (χ1) is 8.81. The van der Waals surface area contributed by atoms with E-state index >= 15 is 0 Å². The van der Waals surface area contributed by atoms with E-state index in [0.29, 0.717) is 18.8 Å². The number of hydrogen-bond acceptors (Lipinski definition) is 4. The largest absolute Gasteiger partial charge is 0.463 e.